The molecular weight excluding hydrogens is 275 g/mol. The molecule has 2 aromatic carbocycles. The van der Waals surface area contributed by atoms with Crippen molar-refractivity contribution in [1.29, 1.82) is 0 Å². The smallest absolute Gasteiger partial charge is 0.338 e. The Hall–Kier alpha value is -2.89. The lowest BCUT2D eigenvalue weighted by atomic mass is 10.2. The highest BCUT2D eigenvalue weighted by Crippen LogP contribution is 2.13. The number of halogens is 1. The molecule has 0 aliphatic carbocycles. The van der Waals surface area contributed by atoms with Gasteiger partial charge in [0.15, 0.2) is 6.61 Å². The number of benzene rings is 2. The molecule has 5 nitrogen and oxygen atoms in total. The van der Waals surface area contributed by atoms with Crippen molar-refractivity contribution in [1.82, 2.24) is 0 Å². The van der Waals surface area contributed by atoms with Gasteiger partial charge in [0.25, 0.3) is 5.91 Å². The highest BCUT2D eigenvalue weighted by atomic mass is 19.1. The summed E-state index contributed by atoms with van der Waals surface area (Å²) in [6.07, 6.45) is 0. The molecule has 0 bridgehead atoms. The number of nitrogen functional groups attached to an aromatic ring is 1. The number of anilines is 2. The minimum atomic E-state index is -0.794. The number of esters is 1. The van der Waals surface area contributed by atoms with E-state index < -0.39 is 24.3 Å². The van der Waals surface area contributed by atoms with Gasteiger partial charge >= 0.3 is 5.97 Å². The molecule has 6 heteroatoms. The van der Waals surface area contributed by atoms with Crippen LogP contribution in [0.2, 0.25) is 0 Å². The van der Waals surface area contributed by atoms with Crippen LogP contribution in [0, 0.1) is 5.82 Å². The molecule has 0 spiro atoms. The molecule has 0 saturated carbocycles. The predicted molar refractivity (Wildman–Crippen MR) is 76.2 cm³/mol. The molecule has 0 unspecified atom stereocenters. The second-order valence-electron chi connectivity index (χ2n) is 4.23. The van der Waals surface area contributed by atoms with Gasteiger partial charge in [-0.05, 0) is 30.3 Å². The number of nitrogens with one attached hydrogen (secondary N) is 1. The van der Waals surface area contributed by atoms with Gasteiger partial charge in [0, 0.05) is 5.69 Å². The van der Waals surface area contributed by atoms with E-state index in [-0.39, 0.29) is 11.3 Å². The van der Waals surface area contributed by atoms with E-state index >= 15 is 0 Å². The second-order valence-corrected chi connectivity index (χ2v) is 4.23. The summed E-state index contributed by atoms with van der Waals surface area (Å²) < 4.78 is 18.0. The first kappa shape index (κ1) is 14.5. The maximum absolute atomic E-state index is 13.2. The van der Waals surface area contributed by atoms with Gasteiger partial charge in [-0.15, -0.1) is 0 Å². The quantitative estimate of drug-likeness (QED) is 0.667. The van der Waals surface area contributed by atoms with Gasteiger partial charge in [-0.25, -0.2) is 9.18 Å². The van der Waals surface area contributed by atoms with Crippen LogP contribution in [0.25, 0.3) is 0 Å². The molecule has 0 aromatic heterocycles. The van der Waals surface area contributed by atoms with E-state index in [2.05, 4.69) is 5.32 Å². The zero-order chi connectivity index (χ0) is 15.2. The molecule has 0 radical (unpaired) electrons. The van der Waals surface area contributed by atoms with Crippen molar-refractivity contribution in [3.05, 3.63) is 59.9 Å². The summed E-state index contributed by atoms with van der Waals surface area (Å²) in [5.41, 5.74) is 5.83. The summed E-state index contributed by atoms with van der Waals surface area (Å²) in [6, 6.07) is 12.3. The molecule has 0 atom stereocenters. The maximum atomic E-state index is 13.2. The Labute approximate surface area is 120 Å². The van der Waals surface area contributed by atoms with Crippen LogP contribution >= 0.6 is 0 Å². The van der Waals surface area contributed by atoms with E-state index in [9.17, 15) is 14.0 Å². The van der Waals surface area contributed by atoms with Gasteiger partial charge in [-0.2, -0.15) is 0 Å². The minimum absolute atomic E-state index is 0.00536. The Bertz CT molecular complexity index is 659. The third-order valence-corrected chi connectivity index (χ3v) is 2.63. The zero-order valence-corrected chi connectivity index (χ0v) is 11.0. The fraction of sp³-hybridized carbons (Fsp3) is 0.0667. The lowest BCUT2D eigenvalue weighted by Crippen LogP contribution is -2.21. The van der Waals surface area contributed by atoms with Crippen LogP contribution in [0.15, 0.2) is 48.5 Å². The summed E-state index contributed by atoms with van der Waals surface area (Å²) >= 11 is 0. The van der Waals surface area contributed by atoms with Crippen LogP contribution in [0.5, 0.6) is 0 Å². The van der Waals surface area contributed by atoms with Crippen molar-refractivity contribution in [2.24, 2.45) is 0 Å². The van der Waals surface area contributed by atoms with E-state index in [1.807, 2.05) is 6.07 Å². The lowest BCUT2D eigenvalue weighted by molar-refractivity contribution is -0.119. The van der Waals surface area contributed by atoms with E-state index in [4.69, 9.17) is 10.5 Å². The number of para-hydroxylation sites is 1. The highest BCUT2D eigenvalue weighted by molar-refractivity contribution is 5.95. The van der Waals surface area contributed by atoms with Crippen LogP contribution in [0.3, 0.4) is 0 Å². The first-order valence-electron chi connectivity index (χ1n) is 6.13. The van der Waals surface area contributed by atoms with Crippen LogP contribution in [-0.2, 0) is 9.53 Å². The summed E-state index contributed by atoms with van der Waals surface area (Å²) in [7, 11) is 0. The number of rotatable bonds is 4. The first-order chi connectivity index (χ1) is 10.1. The third kappa shape index (κ3) is 4.04. The molecule has 108 valence electrons. The average molecular weight is 288 g/mol. The molecule has 3 N–H and O–H groups in total. The summed E-state index contributed by atoms with van der Waals surface area (Å²) in [5, 5.41) is 2.56. The molecule has 0 fully saturated rings. The van der Waals surface area contributed by atoms with Crippen molar-refractivity contribution in [2.75, 3.05) is 17.7 Å². The summed E-state index contributed by atoms with van der Waals surface area (Å²) in [4.78, 5) is 23.2. The van der Waals surface area contributed by atoms with Crippen LogP contribution in [-0.4, -0.2) is 18.5 Å². The third-order valence-electron chi connectivity index (χ3n) is 2.63. The number of carbonyl (C=O) groups is 2. The Morgan fingerprint density at radius 1 is 1.14 bits per heavy atom. The molecule has 1 amide bonds. The Morgan fingerprint density at radius 3 is 2.52 bits per heavy atom. The number of carbonyl (C=O) groups excluding carboxylic acids is 2. The largest absolute Gasteiger partial charge is 0.452 e. The Kier molecular flexibility index (Phi) is 4.50. The SMILES string of the molecule is Nc1ccc(C(=O)OCC(=O)Nc2ccccc2)cc1F. The normalized spacial score (nSPS) is 9.95. The van der Waals surface area contributed by atoms with Crippen LogP contribution in [0.1, 0.15) is 10.4 Å². The summed E-state index contributed by atoms with van der Waals surface area (Å²) in [5.74, 6) is -1.99. The Balaban J connectivity index is 1.89. The fourth-order valence-electron chi connectivity index (χ4n) is 1.59. The monoisotopic (exact) mass is 288 g/mol. The van der Waals surface area contributed by atoms with Crippen molar-refractivity contribution < 1.29 is 18.7 Å². The number of hydrogen-bond acceptors (Lipinski definition) is 4. The zero-order valence-electron chi connectivity index (χ0n) is 11.0. The van der Waals surface area contributed by atoms with Crippen LogP contribution < -0.4 is 11.1 Å². The van der Waals surface area contributed by atoms with Gasteiger partial charge in [0.05, 0.1) is 11.3 Å². The van der Waals surface area contributed by atoms with Crippen molar-refractivity contribution in [3.8, 4) is 0 Å². The van der Waals surface area contributed by atoms with Gasteiger partial charge in [0.1, 0.15) is 5.82 Å². The molecule has 21 heavy (non-hydrogen) atoms. The van der Waals surface area contributed by atoms with Crippen molar-refractivity contribution >= 4 is 23.3 Å². The maximum Gasteiger partial charge on any atom is 0.338 e. The highest BCUT2D eigenvalue weighted by Gasteiger charge is 2.12. The van der Waals surface area contributed by atoms with E-state index in [1.54, 1.807) is 24.3 Å². The van der Waals surface area contributed by atoms with Gasteiger partial charge in [-0.3, -0.25) is 4.79 Å². The molecule has 2 rings (SSSR count). The molecule has 2 aromatic rings. The predicted octanol–water partition coefficient (Wildman–Crippen LogP) is 2.20. The number of ether oxygens (including phenoxy) is 1. The number of hydrogen-bond donors (Lipinski definition) is 2. The number of amides is 1. The summed E-state index contributed by atoms with van der Waals surface area (Å²) in [6.45, 7) is -0.459. The van der Waals surface area contributed by atoms with Crippen molar-refractivity contribution in [2.45, 2.75) is 0 Å². The topological polar surface area (TPSA) is 81.4 Å². The van der Waals surface area contributed by atoms with E-state index in [0.717, 1.165) is 6.07 Å². The van der Waals surface area contributed by atoms with Gasteiger partial charge in [0.2, 0.25) is 0 Å². The molecule has 0 aliphatic heterocycles. The fourth-order valence-corrected chi connectivity index (χ4v) is 1.59. The molecule has 0 heterocycles. The molecule has 0 saturated heterocycles. The first-order valence-corrected chi connectivity index (χ1v) is 6.13. The second kappa shape index (κ2) is 6.51. The van der Waals surface area contributed by atoms with Crippen LogP contribution in [0.4, 0.5) is 15.8 Å². The molecule has 0 aliphatic rings. The lowest BCUT2D eigenvalue weighted by Gasteiger charge is -2.07. The van der Waals surface area contributed by atoms with Gasteiger partial charge in [-0.1, -0.05) is 18.2 Å². The van der Waals surface area contributed by atoms with E-state index in [1.165, 1.54) is 12.1 Å². The average Bonchev–Trinajstić information content (AvgIpc) is 2.48. The standard InChI is InChI=1S/C15H13FN2O3/c16-12-8-10(6-7-13(12)17)15(20)21-9-14(19)18-11-4-2-1-3-5-11/h1-8H,9,17H2,(H,18,19). The van der Waals surface area contributed by atoms with Gasteiger partial charge < -0.3 is 15.8 Å². The number of nitrogens with two attached hydrogens (primary N) is 1. The Morgan fingerprint density at radius 2 is 1.86 bits per heavy atom. The van der Waals surface area contributed by atoms with E-state index in [0.29, 0.717) is 5.69 Å². The molecular formula is C15H13FN2O3. The van der Waals surface area contributed by atoms with Crippen molar-refractivity contribution in [3.63, 3.8) is 0 Å². The minimum Gasteiger partial charge on any atom is -0.452 e.